The molecule has 1 aromatic carbocycles. The SMILES string of the molecule is CC(=O)Nc1nnc(S(=O)(=O)Nc2ccc3oc(=O)[nH]c3c2)s1. The minimum atomic E-state index is -3.97. The van der Waals surface area contributed by atoms with E-state index >= 15 is 0 Å². The first kappa shape index (κ1) is 15.2. The molecule has 23 heavy (non-hydrogen) atoms. The van der Waals surface area contributed by atoms with E-state index in [2.05, 4.69) is 25.2 Å². The number of hydrogen-bond acceptors (Lipinski definition) is 8. The van der Waals surface area contributed by atoms with Crippen LogP contribution in [0.4, 0.5) is 10.8 Å². The van der Waals surface area contributed by atoms with Crippen molar-refractivity contribution in [1.29, 1.82) is 0 Å². The fourth-order valence-corrected chi connectivity index (χ4v) is 3.73. The van der Waals surface area contributed by atoms with E-state index < -0.39 is 15.8 Å². The number of carbonyl (C=O) groups excluding carboxylic acids is 1. The van der Waals surface area contributed by atoms with Gasteiger partial charge in [0.25, 0.3) is 14.4 Å². The second-order valence-corrected chi connectivity index (χ2v) is 7.22. The maximum atomic E-state index is 12.2. The van der Waals surface area contributed by atoms with Crippen molar-refractivity contribution < 1.29 is 17.6 Å². The third-order valence-electron chi connectivity index (χ3n) is 2.59. The number of carbonyl (C=O) groups is 1. The van der Waals surface area contributed by atoms with Gasteiger partial charge in [-0.2, -0.15) is 8.42 Å². The number of oxazole rings is 1. The molecule has 0 saturated carbocycles. The van der Waals surface area contributed by atoms with Crippen molar-refractivity contribution in [3.63, 3.8) is 0 Å². The lowest BCUT2D eigenvalue weighted by atomic mass is 10.3. The molecular formula is C11H9N5O5S2. The first-order valence-electron chi connectivity index (χ1n) is 6.10. The Morgan fingerprint density at radius 1 is 1.35 bits per heavy atom. The lowest BCUT2D eigenvalue weighted by Gasteiger charge is -2.04. The van der Waals surface area contributed by atoms with E-state index in [4.69, 9.17) is 4.42 Å². The molecule has 120 valence electrons. The van der Waals surface area contributed by atoms with E-state index in [1.165, 1.54) is 25.1 Å². The fraction of sp³-hybridized carbons (Fsp3) is 0.0909. The number of fused-ring (bicyclic) bond motifs is 1. The van der Waals surface area contributed by atoms with Crippen molar-refractivity contribution in [2.75, 3.05) is 10.0 Å². The van der Waals surface area contributed by atoms with Gasteiger partial charge in [0.2, 0.25) is 11.0 Å². The summed E-state index contributed by atoms with van der Waals surface area (Å²) in [7, 11) is -3.97. The molecule has 0 aliphatic carbocycles. The van der Waals surface area contributed by atoms with Gasteiger partial charge in [-0.25, -0.2) is 4.79 Å². The quantitative estimate of drug-likeness (QED) is 0.584. The number of nitrogens with zero attached hydrogens (tertiary/aromatic N) is 2. The standard InChI is InChI=1S/C11H9N5O5S2/c1-5(17)12-9-14-15-11(22-9)23(19,20)16-6-2-3-8-7(4-6)13-10(18)21-8/h2-4,16H,1H3,(H,13,18)(H,12,14,17). The van der Waals surface area contributed by atoms with Crippen LogP contribution in [0.25, 0.3) is 11.1 Å². The Hall–Kier alpha value is -2.73. The van der Waals surface area contributed by atoms with Crippen LogP contribution in [-0.2, 0) is 14.8 Å². The highest BCUT2D eigenvalue weighted by Gasteiger charge is 2.21. The molecule has 3 aromatic rings. The van der Waals surface area contributed by atoms with Gasteiger partial charge in [0.1, 0.15) is 0 Å². The molecule has 0 spiro atoms. The van der Waals surface area contributed by atoms with Crippen molar-refractivity contribution in [2.45, 2.75) is 11.3 Å². The Morgan fingerprint density at radius 2 is 2.13 bits per heavy atom. The van der Waals surface area contributed by atoms with Crippen LogP contribution in [0.15, 0.2) is 31.8 Å². The van der Waals surface area contributed by atoms with Crippen LogP contribution in [-0.4, -0.2) is 29.5 Å². The highest BCUT2D eigenvalue weighted by atomic mass is 32.2. The molecule has 0 atom stereocenters. The topological polar surface area (TPSA) is 147 Å². The number of aromatic amines is 1. The van der Waals surface area contributed by atoms with E-state index in [9.17, 15) is 18.0 Å². The van der Waals surface area contributed by atoms with Crippen molar-refractivity contribution in [1.82, 2.24) is 15.2 Å². The summed E-state index contributed by atoms with van der Waals surface area (Å²) in [4.78, 5) is 24.4. The molecule has 0 bridgehead atoms. The zero-order valence-corrected chi connectivity index (χ0v) is 13.1. The molecule has 0 aliphatic heterocycles. The number of aromatic nitrogens is 3. The summed E-state index contributed by atoms with van der Waals surface area (Å²) < 4.78 is 31.3. The highest BCUT2D eigenvalue weighted by molar-refractivity contribution is 7.94. The molecule has 1 amide bonds. The van der Waals surface area contributed by atoms with Gasteiger partial charge >= 0.3 is 5.76 Å². The van der Waals surface area contributed by atoms with Crippen LogP contribution < -0.4 is 15.8 Å². The number of hydrogen-bond donors (Lipinski definition) is 3. The summed E-state index contributed by atoms with van der Waals surface area (Å²) in [6, 6.07) is 4.30. The van der Waals surface area contributed by atoms with Crippen molar-refractivity contribution in [3.8, 4) is 0 Å². The second-order valence-electron chi connectivity index (χ2n) is 4.39. The van der Waals surface area contributed by atoms with Crippen molar-refractivity contribution >= 4 is 49.2 Å². The molecular weight excluding hydrogens is 346 g/mol. The van der Waals surface area contributed by atoms with Crippen LogP contribution in [0, 0.1) is 0 Å². The van der Waals surface area contributed by atoms with Crippen LogP contribution in [0.2, 0.25) is 0 Å². The minimum absolute atomic E-state index is 0.0764. The van der Waals surface area contributed by atoms with Crippen LogP contribution >= 0.6 is 11.3 Å². The lowest BCUT2D eigenvalue weighted by molar-refractivity contribution is -0.114. The third-order valence-corrected chi connectivity index (χ3v) is 5.18. The molecule has 0 fully saturated rings. The Kier molecular flexibility index (Phi) is 3.61. The van der Waals surface area contributed by atoms with Gasteiger partial charge in [0.15, 0.2) is 5.58 Å². The summed E-state index contributed by atoms with van der Waals surface area (Å²) in [5, 5.41) is 9.53. The predicted octanol–water partition coefficient (Wildman–Crippen LogP) is 0.732. The van der Waals surface area contributed by atoms with Crippen molar-refractivity contribution in [2.24, 2.45) is 0 Å². The molecule has 0 saturated heterocycles. The molecule has 3 rings (SSSR count). The zero-order valence-electron chi connectivity index (χ0n) is 11.5. The molecule has 0 unspecified atom stereocenters. The summed E-state index contributed by atoms with van der Waals surface area (Å²) in [6.07, 6.45) is 0. The number of sulfonamides is 1. The maximum absolute atomic E-state index is 12.2. The number of H-pyrrole nitrogens is 1. The summed E-state index contributed by atoms with van der Waals surface area (Å²) in [5.74, 6) is -1.02. The zero-order chi connectivity index (χ0) is 16.6. The van der Waals surface area contributed by atoms with E-state index in [1.54, 1.807) is 0 Å². The monoisotopic (exact) mass is 355 g/mol. The Labute approximate surface area is 132 Å². The Bertz CT molecular complexity index is 1050. The molecule has 12 heteroatoms. The Morgan fingerprint density at radius 3 is 2.87 bits per heavy atom. The first-order valence-corrected chi connectivity index (χ1v) is 8.40. The van der Waals surface area contributed by atoms with Crippen LogP contribution in [0.5, 0.6) is 0 Å². The average molecular weight is 355 g/mol. The fourth-order valence-electron chi connectivity index (χ4n) is 1.73. The largest absolute Gasteiger partial charge is 0.417 e. The van der Waals surface area contributed by atoms with Gasteiger partial charge in [-0.1, -0.05) is 11.3 Å². The molecule has 10 nitrogen and oxygen atoms in total. The summed E-state index contributed by atoms with van der Waals surface area (Å²) in [6.45, 7) is 1.27. The molecule has 2 heterocycles. The van der Waals surface area contributed by atoms with E-state index in [0.29, 0.717) is 22.4 Å². The second kappa shape index (κ2) is 5.48. The number of anilines is 2. The molecule has 0 radical (unpaired) electrons. The van der Waals surface area contributed by atoms with E-state index in [1.807, 2.05) is 0 Å². The summed E-state index contributed by atoms with van der Waals surface area (Å²) in [5.41, 5.74) is 0.874. The van der Waals surface area contributed by atoms with E-state index in [0.717, 1.165) is 0 Å². The molecule has 3 N–H and O–H groups in total. The first-order chi connectivity index (χ1) is 10.8. The number of benzene rings is 1. The van der Waals surface area contributed by atoms with Gasteiger partial charge < -0.3 is 9.73 Å². The predicted molar refractivity (Wildman–Crippen MR) is 81.9 cm³/mol. The molecule has 2 aromatic heterocycles. The molecule has 0 aliphatic rings. The smallest absolute Gasteiger partial charge is 0.408 e. The van der Waals surface area contributed by atoms with Crippen molar-refractivity contribution in [3.05, 3.63) is 28.7 Å². The summed E-state index contributed by atoms with van der Waals surface area (Å²) >= 11 is 0.714. The van der Waals surface area contributed by atoms with Gasteiger partial charge in [-0.3, -0.25) is 14.5 Å². The highest BCUT2D eigenvalue weighted by Crippen LogP contribution is 2.23. The number of nitrogens with one attached hydrogen (secondary N) is 3. The maximum Gasteiger partial charge on any atom is 0.417 e. The van der Waals surface area contributed by atoms with Gasteiger partial charge in [0.05, 0.1) is 11.2 Å². The van der Waals surface area contributed by atoms with Crippen LogP contribution in [0.3, 0.4) is 0 Å². The Balaban J connectivity index is 1.88. The number of amides is 1. The normalized spacial score (nSPS) is 11.5. The minimum Gasteiger partial charge on any atom is -0.408 e. The number of rotatable bonds is 4. The van der Waals surface area contributed by atoms with E-state index in [-0.39, 0.29) is 21.1 Å². The van der Waals surface area contributed by atoms with Gasteiger partial charge in [-0.15, -0.1) is 10.2 Å². The third kappa shape index (κ3) is 3.22. The van der Waals surface area contributed by atoms with Gasteiger partial charge in [0, 0.05) is 6.92 Å². The lowest BCUT2D eigenvalue weighted by Crippen LogP contribution is -2.12. The van der Waals surface area contributed by atoms with Gasteiger partial charge in [-0.05, 0) is 18.2 Å². The van der Waals surface area contributed by atoms with Crippen LogP contribution in [0.1, 0.15) is 6.92 Å². The average Bonchev–Trinajstić information content (AvgIpc) is 3.03.